The van der Waals surface area contributed by atoms with Crippen molar-refractivity contribution in [2.75, 3.05) is 0 Å². The van der Waals surface area contributed by atoms with Crippen molar-refractivity contribution in [2.24, 2.45) is 9.98 Å². The van der Waals surface area contributed by atoms with Gasteiger partial charge in [-0.25, -0.2) is 0 Å². The second kappa shape index (κ2) is 1.73. The summed E-state index contributed by atoms with van der Waals surface area (Å²) in [4.78, 5) is 18.2. The normalized spacial score (nSPS) is 19.8. The molecule has 2 rings (SSSR count). The van der Waals surface area contributed by atoms with Crippen LogP contribution in [0.15, 0.2) is 33.0 Å². The highest BCUT2D eigenvalue weighted by Gasteiger charge is 2.16. The minimum Gasteiger partial charge on any atom is -0.298 e. The van der Waals surface area contributed by atoms with E-state index in [1.54, 1.807) is 12.3 Å². The maximum atomic E-state index is 10.3. The number of fused-ring (bicyclic) bond motifs is 1. The predicted molar refractivity (Wildman–Crippen MR) is 39.3 cm³/mol. The number of carbonyl (C=O) groups excluding carboxylic acids is 1. The van der Waals surface area contributed by atoms with E-state index in [0.29, 0.717) is 11.3 Å². The van der Waals surface area contributed by atoms with E-state index in [9.17, 15) is 4.79 Å². The third-order valence-corrected chi connectivity index (χ3v) is 1.42. The molecule has 0 fully saturated rings. The Morgan fingerprint density at radius 1 is 1.50 bits per heavy atom. The van der Waals surface area contributed by atoms with E-state index in [-0.39, 0.29) is 1.43 Å². The molecule has 2 aliphatic heterocycles. The van der Waals surface area contributed by atoms with E-state index in [2.05, 4.69) is 9.98 Å². The SMILES string of the molecule is O=CC1=C2N=CC=C2N=C1.[H+]. The Labute approximate surface area is 59.0 Å². The number of rotatable bonds is 1. The Hall–Kier alpha value is -1.51. The molecule has 3 nitrogen and oxygen atoms in total. The summed E-state index contributed by atoms with van der Waals surface area (Å²) in [6.07, 6.45) is 5.72. The van der Waals surface area contributed by atoms with Gasteiger partial charge in [-0.05, 0) is 6.08 Å². The quantitative estimate of drug-likeness (QED) is 0.483. The number of aldehydes is 1. The first-order valence-electron chi connectivity index (χ1n) is 2.90. The molecule has 0 aromatic heterocycles. The zero-order valence-corrected chi connectivity index (χ0v) is 5.11. The van der Waals surface area contributed by atoms with Crippen LogP contribution >= 0.6 is 0 Å². The summed E-state index contributed by atoms with van der Waals surface area (Å²) < 4.78 is 0. The Morgan fingerprint density at radius 2 is 2.40 bits per heavy atom. The third-order valence-electron chi connectivity index (χ3n) is 1.42. The van der Waals surface area contributed by atoms with Gasteiger partial charge in [0.1, 0.15) is 5.70 Å². The van der Waals surface area contributed by atoms with E-state index in [1.807, 2.05) is 0 Å². The standard InChI is InChI=1S/C7H4N2O/c10-4-5-3-9-6-1-2-8-7(5)6/h1-4H/p+1. The summed E-state index contributed by atoms with van der Waals surface area (Å²) in [6.45, 7) is 0. The fourth-order valence-corrected chi connectivity index (χ4v) is 0.941. The van der Waals surface area contributed by atoms with Crippen LogP contribution in [0.4, 0.5) is 0 Å². The lowest BCUT2D eigenvalue weighted by molar-refractivity contribution is -0.104. The zero-order chi connectivity index (χ0) is 6.97. The van der Waals surface area contributed by atoms with Crippen molar-refractivity contribution in [1.29, 1.82) is 0 Å². The second-order valence-corrected chi connectivity index (χ2v) is 2.01. The Kier molecular flexibility index (Phi) is 0.917. The highest BCUT2D eigenvalue weighted by atomic mass is 16.1. The van der Waals surface area contributed by atoms with Crippen LogP contribution in [0.25, 0.3) is 0 Å². The molecule has 0 radical (unpaired) electrons. The second-order valence-electron chi connectivity index (χ2n) is 2.01. The van der Waals surface area contributed by atoms with Gasteiger partial charge in [0.2, 0.25) is 0 Å². The molecular formula is C7H5N2O+. The average Bonchev–Trinajstić information content (AvgIpc) is 2.44. The smallest absolute Gasteiger partial charge is 0.298 e. The van der Waals surface area contributed by atoms with E-state index in [4.69, 9.17) is 0 Å². The van der Waals surface area contributed by atoms with Crippen molar-refractivity contribution in [2.45, 2.75) is 0 Å². The zero-order valence-electron chi connectivity index (χ0n) is 6.11. The first kappa shape index (κ1) is 5.29. The molecule has 0 amide bonds. The molecule has 10 heavy (non-hydrogen) atoms. The van der Waals surface area contributed by atoms with Crippen LogP contribution in [0.1, 0.15) is 1.43 Å². The van der Waals surface area contributed by atoms with Crippen molar-refractivity contribution < 1.29 is 6.22 Å². The van der Waals surface area contributed by atoms with Gasteiger partial charge in [0.25, 0.3) is 0 Å². The molecular weight excluding hydrogens is 128 g/mol. The largest absolute Gasteiger partial charge is 1.00 e. The van der Waals surface area contributed by atoms with E-state index in [0.717, 1.165) is 12.0 Å². The van der Waals surface area contributed by atoms with Gasteiger partial charge in [-0.3, -0.25) is 14.8 Å². The van der Waals surface area contributed by atoms with Gasteiger partial charge in [-0.2, -0.15) is 0 Å². The van der Waals surface area contributed by atoms with Crippen LogP contribution in [0.2, 0.25) is 0 Å². The van der Waals surface area contributed by atoms with E-state index < -0.39 is 0 Å². The highest BCUT2D eigenvalue weighted by molar-refractivity contribution is 6.07. The van der Waals surface area contributed by atoms with Crippen LogP contribution in [0.5, 0.6) is 0 Å². The van der Waals surface area contributed by atoms with Crippen LogP contribution in [-0.2, 0) is 4.79 Å². The molecule has 0 aromatic rings. The molecule has 48 valence electrons. The molecule has 0 aromatic carbocycles. The van der Waals surface area contributed by atoms with Crippen molar-refractivity contribution in [3.05, 3.63) is 23.0 Å². The maximum absolute atomic E-state index is 10.3. The van der Waals surface area contributed by atoms with Crippen LogP contribution in [0.3, 0.4) is 0 Å². The van der Waals surface area contributed by atoms with Gasteiger partial charge in [0.15, 0.2) is 6.29 Å². The summed E-state index contributed by atoms with van der Waals surface area (Å²) in [5.74, 6) is 0. The van der Waals surface area contributed by atoms with E-state index in [1.165, 1.54) is 6.21 Å². The number of hydrogen-bond donors (Lipinski definition) is 0. The third kappa shape index (κ3) is 0.515. The molecule has 0 saturated heterocycles. The summed E-state index contributed by atoms with van der Waals surface area (Å²) >= 11 is 0. The topological polar surface area (TPSA) is 41.8 Å². The van der Waals surface area contributed by atoms with Gasteiger partial charge < -0.3 is 0 Å². The highest BCUT2D eigenvalue weighted by Crippen LogP contribution is 2.24. The Balaban J connectivity index is 0.000000605. The molecule has 0 aliphatic carbocycles. The monoisotopic (exact) mass is 133 g/mol. The number of aliphatic imine (C=N–C) groups is 2. The number of carbonyl (C=O) groups is 1. The van der Waals surface area contributed by atoms with Gasteiger partial charge >= 0.3 is 1.43 Å². The molecule has 0 bridgehead atoms. The van der Waals surface area contributed by atoms with Crippen molar-refractivity contribution in [3.8, 4) is 0 Å². The van der Waals surface area contributed by atoms with Gasteiger partial charge in [-0.15, -0.1) is 0 Å². The average molecular weight is 133 g/mol. The summed E-state index contributed by atoms with van der Waals surface area (Å²) in [6, 6.07) is 0. The van der Waals surface area contributed by atoms with Gasteiger partial charge in [-0.1, -0.05) is 0 Å². The minimum absolute atomic E-state index is 0. The summed E-state index contributed by atoms with van der Waals surface area (Å²) in [5.41, 5.74) is 2.07. The minimum atomic E-state index is 0. The van der Waals surface area contributed by atoms with Crippen molar-refractivity contribution >= 4 is 18.7 Å². The lowest BCUT2D eigenvalue weighted by Gasteiger charge is -1.86. The lowest BCUT2D eigenvalue weighted by atomic mass is 10.2. The van der Waals surface area contributed by atoms with Crippen molar-refractivity contribution in [3.63, 3.8) is 0 Å². The summed E-state index contributed by atoms with van der Waals surface area (Å²) in [5, 5.41) is 0. The molecule has 0 atom stereocenters. The first-order valence-corrected chi connectivity index (χ1v) is 2.90. The van der Waals surface area contributed by atoms with Gasteiger partial charge in [0, 0.05) is 12.4 Å². The van der Waals surface area contributed by atoms with Crippen LogP contribution < -0.4 is 0 Å². The fraction of sp³-hybridized carbons (Fsp3) is 0. The fourth-order valence-electron chi connectivity index (χ4n) is 0.941. The molecule has 2 aliphatic rings. The molecule has 3 heteroatoms. The lowest BCUT2D eigenvalue weighted by Crippen LogP contribution is -1.84. The predicted octanol–water partition coefficient (Wildman–Crippen LogP) is 0.605. The van der Waals surface area contributed by atoms with Crippen LogP contribution in [0, 0.1) is 0 Å². The Morgan fingerprint density at radius 3 is 3.20 bits per heavy atom. The molecule has 0 spiro atoms. The Bertz CT molecular complexity index is 312. The van der Waals surface area contributed by atoms with Gasteiger partial charge in [0.05, 0.1) is 11.3 Å². The number of hydrogen-bond acceptors (Lipinski definition) is 3. The molecule has 0 unspecified atom stereocenters. The van der Waals surface area contributed by atoms with Crippen LogP contribution in [-0.4, -0.2) is 18.7 Å². The number of allylic oxidation sites excluding steroid dienone is 2. The molecule has 0 saturated carbocycles. The maximum Gasteiger partial charge on any atom is 1.00 e. The first-order chi connectivity index (χ1) is 4.92. The van der Waals surface area contributed by atoms with Crippen molar-refractivity contribution in [1.82, 2.24) is 0 Å². The summed E-state index contributed by atoms with van der Waals surface area (Å²) in [7, 11) is 0. The molecule has 2 heterocycles. The number of nitrogens with zero attached hydrogens (tertiary/aromatic N) is 2. The van der Waals surface area contributed by atoms with E-state index >= 15 is 0 Å². The molecule has 0 N–H and O–H groups in total.